The second-order valence-corrected chi connectivity index (χ2v) is 9.84. The van der Waals surface area contributed by atoms with Crippen molar-refractivity contribution in [1.29, 1.82) is 0 Å². The Labute approximate surface area is 201 Å². The predicted octanol–water partition coefficient (Wildman–Crippen LogP) is 4.96. The summed E-state index contributed by atoms with van der Waals surface area (Å²) in [7, 11) is 2.10. The highest BCUT2D eigenvalue weighted by Gasteiger charge is 2.32. The van der Waals surface area contributed by atoms with E-state index in [4.69, 9.17) is 4.74 Å². The van der Waals surface area contributed by atoms with Crippen molar-refractivity contribution < 1.29 is 14.3 Å². The maximum atomic E-state index is 12.9. The minimum atomic E-state index is -0.396. The summed E-state index contributed by atoms with van der Waals surface area (Å²) in [5.41, 5.74) is 3.40. The van der Waals surface area contributed by atoms with Gasteiger partial charge in [0, 0.05) is 18.0 Å². The number of amides is 1. The molecule has 2 aliphatic heterocycles. The van der Waals surface area contributed by atoms with Crippen LogP contribution in [0.2, 0.25) is 0 Å². The molecule has 1 amide bonds. The van der Waals surface area contributed by atoms with Gasteiger partial charge in [0.05, 0.1) is 11.1 Å². The molecule has 7 heteroatoms. The van der Waals surface area contributed by atoms with Crippen molar-refractivity contribution in [3.05, 3.63) is 93.9 Å². The van der Waals surface area contributed by atoms with Gasteiger partial charge < -0.3 is 20.3 Å². The third kappa shape index (κ3) is 3.63. The van der Waals surface area contributed by atoms with Gasteiger partial charge in [-0.2, -0.15) is 0 Å². The highest BCUT2D eigenvalue weighted by molar-refractivity contribution is 7.16. The number of rotatable bonds is 3. The third-order valence-electron chi connectivity index (χ3n) is 6.46. The smallest absolute Gasteiger partial charge is 0.344 e. The number of nitrogens with zero attached hydrogens (tertiary/aromatic N) is 1. The van der Waals surface area contributed by atoms with E-state index >= 15 is 0 Å². The Kier molecular flexibility index (Phi) is 5.08. The number of anilines is 1. The lowest BCUT2D eigenvalue weighted by molar-refractivity contribution is 0.0736. The van der Waals surface area contributed by atoms with Crippen LogP contribution in [0, 0.1) is 0 Å². The molecule has 0 fully saturated rings. The number of thiophene rings is 1. The van der Waals surface area contributed by atoms with Crippen molar-refractivity contribution in [1.82, 2.24) is 10.2 Å². The second-order valence-electron chi connectivity index (χ2n) is 8.73. The number of esters is 1. The fraction of sp³-hybridized carbons (Fsp3) is 0.185. The zero-order chi connectivity index (χ0) is 23.2. The summed E-state index contributed by atoms with van der Waals surface area (Å²) in [5, 5.41) is 9.35. The summed E-state index contributed by atoms with van der Waals surface area (Å²) < 4.78 is 5.64. The first-order valence-electron chi connectivity index (χ1n) is 11.3. The van der Waals surface area contributed by atoms with E-state index in [-0.39, 0.29) is 12.1 Å². The molecule has 0 saturated carbocycles. The van der Waals surface area contributed by atoms with Gasteiger partial charge in [-0.25, -0.2) is 4.79 Å². The van der Waals surface area contributed by atoms with Gasteiger partial charge in [-0.15, -0.1) is 11.3 Å². The van der Waals surface area contributed by atoms with Crippen LogP contribution in [-0.4, -0.2) is 30.4 Å². The van der Waals surface area contributed by atoms with Gasteiger partial charge in [0.25, 0.3) is 5.91 Å². The molecule has 0 spiro atoms. The van der Waals surface area contributed by atoms with E-state index in [1.54, 1.807) is 29.5 Å². The number of carbonyl (C=O) groups is 2. The first kappa shape index (κ1) is 20.9. The molecule has 3 aromatic carbocycles. The number of carbonyl (C=O) groups excluding carboxylic acids is 2. The van der Waals surface area contributed by atoms with Crippen LogP contribution in [0.15, 0.2) is 66.7 Å². The topological polar surface area (TPSA) is 70.7 Å². The Morgan fingerprint density at radius 1 is 1.03 bits per heavy atom. The number of hydrogen-bond donors (Lipinski definition) is 2. The van der Waals surface area contributed by atoms with Crippen molar-refractivity contribution in [3.8, 4) is 5.75 Å². The largest absolute Gasteiger partial charge is 0.423 e. The Morgan fingerprint density at radius 3 is 2.68 bits per heavy atom. The van der Waals surface area contributed by atoms with Crippen LogP contribution in [0.1, 0.15) is 42.9 Å². The van der Waals surface area contributed by atoms with Crippen molar-refractivity contribution >= 4 is 39.0 Å². The molecule has 2 N–H and O–H groups in total. The number of likely N-dealkylation sites (N-methyl/N-ethyl adjacent to an activating group) is 1. The summed E-state index contributed by atoms with van der Waals surface area (Å²) in [6.07, 6.45) is 0.564. The summed E-state index contributed by atoms with van der Waals surface area (Å²) in [5.74, 6) is 0.0267. The zero-order valence-electron chi connectivity index (χ0n) is 18.6. The van der Waals surface area contributed by atoms with Crippen LogP contribution in [-0.2, 0) is 13.0 Å². The van der Waals surface area contributed by atoms with Gasteiger partial charge in [-0.05, 0) is 53.6 Å². The Hall–Kier alpha value is -3.68. The minimum Gasteiger partial charge on any atom is -0.423 e. The molecule has 6 rings (SSSR count). The average Bonchev–Trinajstić information content (AvgIpc) is 3.22. The van der Waals surface area contributed by atoms with E-state index in [9.17, 15) is 9.59 Å². The lowest BCUT2D eigenvalue weighted by atomic mass is 10.0. The summed E-state index contributed by atoms with van der Waals surface area (Å²) in [6, 6.07) is 20.6. The highest BCUT2D eigenvalue weighted by atomic mass is 32.1. The minimum absolute atomic E-state index is 0.0349. The maximum Gasteiger partial charge on any atom is 0.344 e. The molecule has 1 aromatic heterocycles. The summed E-state index contributed by atoms with van der Waals surface area (Å²) >= 11 is 1.67. The van der Waals surface area contributed by atoms with E-state index in [1.807, 2.05) is 48.5 Å². The normalized spacial score (nSPS) is 17.4. The fourth-order valence-corrected chi connectivity index (χ4v) is 6.06. The van der Waals surface area contributed by atoms with E-state index in [2.05, 4.69) is 22.6 Å². The third-order valence-corrected chi connectivity index (χ3v) is 7.61. The van der Waals surface area contributed by atoms with Crippen molar-refractivity contribution in [2.75, 3.05) is 18.9 Å². The summed E-state index contributed by atoms with van der Waals surface area (Å²) in [6.45, 7) is 1.84. The van der Waals surface area contributed by atoms with Crippen molar-refractivity contribution in [2.24, 2.45) is 0 Å². The number of fused-ring (bicyclic) bond motifs is 4. The Morgan fingerprint density at radius 2 is 1.82 bits per heavy atom. The molecular weight excluding hydrogens is 446 g/mol. The van der Waals surface area contributed by atoms with Crippen LogP contribution >= 0.6 is 11.3 Å². The number of ether oxygens (including phenoxy) is 1. The average molecular weight is 470 g/mol. The zero-order valence-corrected chi connectivity index (χ0v) is 19.4. The standard InChI is InChI=1S/C27H23N3O3S/c1-30-14-13-21-22(15-30)34-26-23(21)25(31)28-24(29-26)17-9-11-18(12-10-17)33-27(32)20-8-4-6-16-5-2-3-7-19(16)20/h2-12,24,29H,13-15H2,1H3,(H,28,31). The fourth-order valence-electron chi connectivity index (χ4n) is 4.70. The highest BCUT2D eigenvalue weighted by Crippen LogP contribution is 2.40. The molecule has 1 unspecified atom stereocenters. The van der Waals surface area contributed by atoms with E-state index in [1.165, 1.54) is 10.4 Å². The first-order chi connectivity index (χ1) is 16.6. The van der Waals surface area contributed by atoms with Gasteiger partial charge in [0.1, 0.15) is 16.9 Å². The van der Waals surface area contributed by atoms with Gasteiger partial charge in [-0.3, -0.25) is 4.79 Å². The monoisotopic (exact) mass is 469 g/mol. The van der Waals surface area contributed by atoms with Crippen LogP contribution in [0.3, 0.4) is 0 Å². The second kappa shape index (κ2) is 8.27. The van der Waals surface area contributed by atoms with Gasteiger partial charge in [-0.1, -0.05) is 48.5 Å². The molecule has 170 valence electrons. The molecule has 0 aliphatic carbocycles. The number of hydrogen-bond acceptors (Lipinski definition) is 6. The van der Waals surface area contributed by atoms with Crippen LogP contribution in [0.25, 0.3) is 10.8 Å². The molecule has 1 atom stereocenters. The number of benzene rings is 3. The number of nitrogens with one attached hydrogen (secondary N) is 2. The molecule has 6 nitrogen and oxygen atoms in total. The first-order valence-corrected chi connectivity index (χ1v) is 12.1. The summed E-state index contributed by atoms with van der Waals surface area (Å²) in [4.78, 5) is 29.3. The van der Waals surface area contributed by atoms with E-state index in [0.717, 1.165) is 46.4 Å². The van der Waals surface area contributed by atoms with Crippen LogP contribution in [0.4, 0.5) is 5.00 Å². The SMILES string of the molecule is CN1CCc2c(sc3c2C(=O)NC(c2ccc(OC(=O)c4cccc5ccccc45)cc2)N3)C1. The molecule has 4 aromatic rings. The molecule has 0 saturated heterocycles. The van der Waals surface area contributed by atoms with Crippen molar-refractivity contribution in [3.63, 3.8) is 0 Å². The molecular formula is C27H23N3O3S. The van der Waals surface area contributed by atoms with Gasteiger partial charge in [0.2, 0.25) is 0 Å². The molecule has 34 heavy (non-hydrogen) atoms. The van der Waals surface area contributed by atoms with Gasteiger partial charge in [0.15, 0.2) is 0 Å². The Bertz CT molecular complexity index is 1420. The lowest BCUT2D eigenvalue weighted by Gasteiger charge is -2.27. The lowest BCUT2D eigenvalue weighted by Crippen LogP contribution is -2.38. The molecule has 0 bridgehead atoms. The predicted molar refractivity (Wildman–Crippen MR) is 134 cm³/mol. The van der Waals surface area contributed by atoms with Gasteiger partial charge >= 0.3 is 5.97 Å². The molecule has 3 heterocycles. The van der Waals surface area contributed by atoms with Crippen LogP contribution in [0.5, 0.6) is 5.75 Å². The van der Waals surface area contributed by atoms with Crippen molar-refractivity contribution in [2.45, 2.75) is 19.1 Å². The quantitative estimate of drug-likeness (QED) is 0.328. The molecule has 2 aliphatic rings. The molecule has 0 radical (unpaired) electrons. The van der Waals surface area contributed by atoms with E-state index in [0.29, 0.717) is 11.3 Å². The van der Waals surface area contributed by atoms with Crippen LogP contribution < -0.4 is 15.4 Å². The van der Waals surface area contributed by atoms with E-state index < -0.39 is 5.97 Å². The Balaban J connectivity index is 1.20. The maximum absolute atomic E-state index is 12.9.